The van der Waals surface area contributed by atoms with Crippen molar-refractivity contribution < 1.29 is 4.74 Å². The Morgan fingerprint density at radius 3 is 2.69 bits per heavy atom. The molecule has 0 aromatic carbocycles. The zero-order chi connectivity index (χ0) is 11.4. The van der Waals surface area contributed by atoms with Crippen LogP contribution in [0.4, 0.5) is 5.82 Å². The molecule has 1 N–H and O–H groups in total. The fourth-order valence-electron chi connectivity index (χ4n) is 1.71. The van der Waals surface area contributed by atoms with Gasteiger partial charge in [-0.1, -0.05) is 0 Å². The third-order valence-electron chi connectivity index (χ3n) is 2.79. The monoisotopic (exact) mass is 218 g/mol. The van der Waals surface area contributed by atoms with Gasteiger partial charge in [0, 0.05) is 18.8 Å². The van der Waals surface area contributed by atoms with Crippen LogP contribution in [0.3, 0.4) is 0 Å². The highest BCUT2D eigenvalue weighted by molar-refractivity contribution is 5.36. The molecule has 0 saturated carbocycles. The van der Waals surface area contributed by atoms with E-state index in [1.54, 1.807) is 6.20 Å². The van der Waals surface area contributed by atoms with E-state index in [2.05, 4.69) is 22.2 Å². The Hall–Kier alpha value is -1.67. The van der Waals surface area contributed by atoms with Crippen LogP contribution in [0.25, 0.3) is 0 Å². The van der Waals surface area contributed by atoms with Crippen LogP contribution in [0.5, 0.6) is 0 Å². The lowest BCUT2D eigenvalue weighted by Gasteiger charge is -2.34. The Balaban J connectivity index is 2.05. The predicted octanol–water partition coefficient (Wildman–Crippen LogP) is 1.33. The first-order valence-corrected chi connectivity index (χ1v) is 5.30. The third kappa shape index (κ3) is 2.47. The van der Waals surface area contributed by atoms with Crippen molar-refractivity contribution in [1.82, 2.24) is 9.97 Å². The molecule has 1 aliphatic rings. The molecule has 5 nitrogen and oxygen atoms in total. The molecule has 0 atom stereocenters. The molecule has 1 aromatic heterocycles. The number of hydrogen-bond donors (Lipinski definition) is 1. The number of nitrogens with one attached hydrogen (secondary N) is 1. The van der Waals surface area contributed by atoms with Crippen LogP contribution in [0.2, 0.25) is 0 Å². The Kier molecular flexibility index (Phi) is 3.02. The van der Waals surface area contributed by atoms with Gasteiger partial charge in [-0.3, -0.25) is 0 Å². The van der Waals surface area contributed by atoms with Crippen molar-refractivity contribution in [3.05, 3.63) is 18.1 Å². The SMILES string of the molecule is CC1(Nc2cnc(C#N)cn2)CCOCC1. The van der Waals surface area contributed by atoms with E-state index in [-0.39, 0.29) is 5.54 Å². The van der Waals surface area contributed by atoms with Crippen LogP contribution in [-0.4, -0.2) is 28.7 Å². The zero-order valence-corrected chi connectivity index (χ0v) is 9.23. The summed E-state index contributed by atoms with van der Waals surface area (Å²) in [5.41, 5.74) is 0.351. The minimum atomic E-state index is 0.0150. The van der Waals surface area contributed by atoms with E-state index in [0.29, 0.717) is 11.5 Å². The summed E-state index contributed by atoms with van der Waals surface area (Å²) < 4.78 is 5.32. The van der Waals surface area contributed by atoms with Crippen molar-refractivity contribution in [2.24, 2.45) is 0 Å². The number of anilines is 1. The molecule has 2 heterocycles. The predicted molar refractivity (Wildman–Crippen MR) is 58.8 cm³/mol. The summed E-state index contributed by atoms with van der Waals surface area (Å²) in [6, 6.07) is 1.95. The van der Waals surface area contributed by atoms with Gasteiger partial charge in [0.25, 0.3) is 0 Å². The van der Waals surface area contributed by atoms with Crippen molar-refractivity contribution in [3.8, 4) is 6.07 Å². The van der Waals surface area contributed by atoms with E-state index in [9.17, 15) is 0 Å². The molecule has 16 heavy (non-hydrogen) atoms. The standard InChI is InChI=1S/C11H14N4O/c1-11(2-4-16-5-3-11)15-10-8-13-9(6-12)7-14-10/h7-8H,2-5H2,1H3,(H,14,15). The summed E-state index contributed by atoms with van der Waals surface area (Å²) in [5, 5.41) is 12.0. The molecular formula is C11H14N4O. The fourth-order valence-corrected chi connectivity index (χ4v) is 1.71. The van der Waals surface area contributed by atoms with Crippen molar-refractivity contribution in [1.29, 1.82) is 5.26 Å². The molecule has 0 amide bonds. The molecule has 1 fully saturated rings. The number of nitrogens with zero attached hydrogens (tertiary/aromatic N) is 3. The van der Waals surface area contributed by atoms with Gasteiger partial charge in [0.2, 0.25) is 0 Å². The molecule has 0 radical (unpaired) electrons. The molecule has 0 aliphatic carbocycles. The van der Waals surface area contributed by atoms with E-state index in [1.165, 1.54) is 6.20 Å². The van der Waals surface area contributed by atoms with Gasteiger partial charge >= 0.3 is 0 Å². The average molecular weight is 218 g/mol. The fraction of sp³-hybridized carbons (Fsp3) is 0.545. The zero-order valence-electron chi connectivity index (χ0n) is 9.23. The third-order valence-corrected chi connectivity index (χ3v) is 2.79. The Bertz CT molecular complexity index is 389. The van der Waals surface area contributed by atoms with Gasteiger partial charge in [-0.2, -0.15) is 5.26 Å². The van der Waals surface area contributed by atoms with Crippen molar-refractivity contribution in [2.45, 2.75) is 25.3 Å². The van der Waals surface area contributed by atoms with Crippen LogP contribution >= 0.6 is 0 Å². The highest BCUT2D eigenvalue weighted by Gasteiger charge is 2.27. The van der Waals surface area contributed by atoms with Gasteiger partial charge in [0.05, 0.1) is 12.4 Å². The molecule has 0 unspecified atom stereocenters. The number of rotatable bonds is 2. The highest BCUT2D eigenvalue weighted by atomic mass is 16.5. The molecule has 0 bridgehead atoms. The lowest BCUT2D eigenvalue weighted by molar-refractivity contribution is 0.0657. The Morgan fingerprint density at radius 1 is 1.38 bits per heavy atom. The van der Waals surface area contributed by atoms with Crippen LogP contribution in [-0.2, 0) is 4.74 Å². The molecule has 84 valence electrons. The van der Waals surface area contributed by atoms with Crippen LogP contribution in [0.15, 0.2) is 12.4 Å². The van der Waals surface area contributed by atoms with E-state index in [4.69, 9.17) is 10.00 Å². The van der Waals surface area contributed by atoms with Crippen molar-refractivity contribution >= 4 is 5.82 Å². The molecule has 0 spiro atoms. The van der Waals surface area contributed by atoms with Crippen molar-refractivity contribution in [2.75, 3.05) is 18.5 Å². The minimum Gasteiger partial charge on any atom is -0.381 e. The molecule has 5 heteroatoms. The summed E-state index contributed by atoms with van der Waals surface area (Å²) >= 11 is 0. The summed E-state index contributed by atoms with van der Waals surface area (Å²) in [7, 11) is 0. The van der Waals surface area contributed by atoms with Gasteiger partial charge in [0.1, 0.15) is 11.9 Å². The second-order valence-electron chi connectivity index (χ2n) is 4.20. The topological polar surface area (TPSA) is 70.8 Å². The summed E-state index contributed by atoms with van der Waals surface area (Å²) in [6.45, 7) is 3.69. The quantitative estimate of drug-likeness (QED) is 0.810. The van der Waals surface area contributed by atoms with Crippen LogP contribution in [0.1, 0.15) is 25.5 Å². The number of ether oxygens (including phenoxy) is 1. The summed E-state index contributed by atoms with van der Waals surface area (Å²) in [6.07, 6.45) is 4.98. The lowest BCUT2D eigenvalue weighted by Crippen LogP contribution is -2.40. The maximum atomic E-state index is 8.61. The Labute approximate surface area is 94.5 Å². The first-order valence-electron chi connectivity index (χ1n) is 5.30. The van der Waals surface area contributed by atoms with E-state index >= 15 is 0 Å². The number of hydrogen-bond acceptors (Lipinski definition) is 5. The van der Waals surface area contributed by atoms with E-state index in [1.807, 2.05) is 6.07 Å². The first-order chi connectivity index (χ1) is 7.72. The molecule has 1 saturated heterocycles. The van der Waals surface area contributed by atoms with Gasteiger partial charge in [-0.15, -0.1) is 0 Å². The smallest absolute Gasteiger partial charge is 0.158 e. The molecule has 2 rings (SSSR count). The van der Waals surface area contributed by atoms with Gasteiger partial charge in [-0.25, -0.2) is 9.97 Å². The second kappa shape index (κ2) is 4.45. The summed E-state index contributed by atoms with van der Waals surface area (Å²) in [4.78, 5) is 8.13. The number of aromatic nitrogens is 2. The maximum absolute atomic E-state index is 8.61. The van der Waals surface area contributed by atoms with E-state index < -0.39 is 0 Å². The molecule has 1 aromatic rings. The van der Waals surface area contributed by atoms with Crippen LogP contribution < -0.4 is 5.32 Å². The van der Waals surface area contributed by atoms with Gasteiger partial charge in [0.15, 0.2) is 5.69 Å². The molecule has 1 aliphatic heterocycles. The summed E-state index contributed by atoms with van der Waals surface area (Å²) in [5.74, 6) is 0.711. The van der Waals surface area contributed by atoms with Crippen molar-refractivity contribution in [3.63, 3.8) is 0 Å². The van der Waals surface area contributed by atoms with E-state index in [0.717, 1.165) is 26.1 Å². The number of nitriles is 1. The maximum Gasteiger partial charge on any atom is 0.158 e. The largest absolute Gasteiger partial charge is 0.381 e. The first kappa shape index (κ1) is 10.8. The lowest BCUT2D eigenvalue weighted by atomic mass is 9.92. The highest BCUT2D eigenvalue weighted by Crippen LogP contribution is 2.23. The molecular weight excluding hydrogens is 204 g/mol. The average Bonchev–Trinajstić information content (AvgIpc) is 2.30. The van der Waals surface area contributed by atoms with Gasteiger partial charge in [-0.05, 0) is 19.8 Å². The normalized spacial score (nSPS) is 18.8. The minimum absolute atomic E-state index is 0.0150. The second-order valence-corrected chi connectivity index (χ2v) is 4.20. The van der Waals surface area contributed by atoms with Crippen LogP contribution in [0, 0.1) is 11.3 Å². The van der Waals surface area contributed by atoms with Gasteiger partial charge < -0.3 is 10.1 Å². The Morgan fingerprint density at radius 2 is 2.12 bits per heavy atom.